The van der Waals surface area contributed by atoms with Gasteiger partial charge in [-0.1, -0.05) is 63.3 Å². The Kier molecular flexibility index (Phi) is 11.6. The highest BCUT2D eigenvalue weighted by molar-refractivity contribution is 6.74. The first-order valence-electron chi connectivity index (χ1n) is 15.8. The van der Waals surface area contributed by atoms with E-state index >= 15 is 0 Å². The minimum absolute atomic E-state index is 0.0494. The molecule has 0 bridgehead atoms. The Labute approximate surface area is 265 Å². The summed E-state index contributed by atoms with van der Waals surface area (Å²) >= 11 is 7.13. The molecule has 5 nitrogen and oxygen atoms in total. The van der Waals surface area contributed by atoms with Gasteiger partial charge in [-0.3, -0.25) is 4.79 Å². The van der Waals surface area contributed by atoms with Crippen molar-refractivity contribution in [2.75, 3.05) is 14.2 Å². The molecule has 0 amide bonds. The largest absolute Gasteiger partial charge is 0.497 e. The van der Waals surface area contributed by atoms with E-state index < -0.39 is 8.32 Å². The number of esters is 1. The maximum atomic E-state index is 11.5. The van der Waals surface area contributed by atoms with Crippen LogP contribution < -0.4 is 4.74 Å². The van der Waals surface area contributed by atoms with Crippen LogP contribution in [0.25, 0.3) is 0 Å². The van der Waals surface area contributed by atoms with Crippen LogP contribution >= 0.6 is 11.6 Å². The molecule has 4 rings (SSSR count). The lowest BCUT2D eigenvalue weighted by atomic mass is 9.84. The molecule has 0 spiro atoms. The van der Waals surface area contributed by atoms with Gasteiger partial charge in [0, 0.05) is 17.7 Å². The van der Waals surface area contributed by atoms with Crippen LogP contribution in [0.3, 0.4) is 0 Å². The minimum Gasteiger partial charge on any atom is -0.497 e. The fourth-order valence-corrected chi connectivity index (χ4v) is 8.00. The molecule has 2 aliphatic rings. The van der Waals surface area contributed by atoms with E-state index in [1.54, 1.807) is 7.11 Å². The summed E-state index contributed by atoms with van der Waals surface area (Å²) < 4.78 is 23.6. The molecule has 0 N–H and O–H groups in total. The van der Waals surface area contributed by atoms with Gasteiger partial charge in [0.15, 0.2) is 8.32 Å². The van der Waals surface area contributed by atoms with Crippen molar-refractivity contribution in [1.29, 1.82) is 0 Å². The van der Waals surface area contributed by atoms with Crippen molar-refractivity contribution < 1.29 is 23.4 Å². The van der Waals surface area contributed by atoms with Crippen LogP contribution in [0.2, 0.25) is 18.1 Å². The van der Waals surface area contributed by atoms with Crippen LogP contribution in [0.1, 0.15) is 93.6 Å². The Morgan fingerprint density at radius 3 is 2.49 bits per heavy atom. The Morgan fingerprint density at radius 1 is 1.07 bits per heavy atom. The number of hydrogen-bond donors (Lipinski definition) is 0. The first-order valence-corrected chi connectivity index (χ1v) is 19.2. The maximum Gasteiger partial charge on any atom is 0.305 e. The Balaban J connectivity index is 1.50. The van der Waals surface area contributed by atoms with Crippen molar-refractivity contribution in [3.05, 3.63) is 76.9 Å². The highest BCUT2D eigenvalue weighted by Crippen LogP contribution is 2.50. The van der Waals surface area contributed by atoms with Crippen LogP contribution in [-0.4, -0.2) is 40.0 Å². The van der Waals surface area contributed by atoms with Gasteiger partial charge in [0.1, 0.15) is 5.75 Å². The fraction of sp³-hybridized carbons (Fsp3) is 0.583. The topological polar surface area (TPSA) is 54.0 Å². The molecule has 5 atom stereocenters. The number of methoxy groups -OCH3 is 2. The summed E-state index contributed by atoms with van der Waals surface area (Å²) in [6.07, 6.45) is 10.6. The maximum absolute atomic E-state index is 11.5. The van der Waals surface area contributed by atoms with E-state index in [1.165, 1.54) is 23.8 Å². The number of rotatable bonds is 13. The second kappa shape index (κ2) is 14.8. The summed E-state index contributed by atoms with van der Waals surface area (Å²) in [7, 11) is 1.13. The molecule has 236 valence electrons. The Bertz CT molecular complexity index is 1240. The molecule has 0 heterocycles. The molecule has 0 saturated heterocycles. The highest BCUT2D eigenvalue weighted by Gasteiger charge is 2.48. The number of aryl methyl sites for hydroxylation is 1. The number of ether oxygens (including phenoxy) is 3. The van der Waals surface area contributed by atoms with E-state index in [1.807, 2.05) is 12.1 Å². The SMILES string of the molecule is COC(=O)CCCC=CC[C@@H]1[C@@H](c2ccc3c(c2)CCC3OCc2ccc(OC)cc2)[C@H](O[Si](C)(C)C(C)(C)C)C[C@H]1Cl. The second-order valence-electron chi connectivity index (χ2n) is 13.7. The smallest absolute Gasteiger partial charge is 0.305 e. The van der Waals surface area contributed by atoms with Crippen LogP contribution in [0.15, 0.2) is 54.6 Å². The molecule has 0 aliphatic heterocycles. The summed E-state index contributed by atoms with van der Waals surface area (Å²) in [4.78, 5) is 11.5. The predicted molar refractivity (Wildman–Crippen MR) is 177 cm³/mol. The standard InChI is InChI=1S/C36H51ClO5Si/c1-36(2,3)43(6,7)42-33-23-31(37)30(12-10-8-9-11-13-34(38)40-5)35(33)27-16-20-29-26(22-27)17-21-32(29)41-24-25-14-18-28(39-4)19-15-25/h8,10,14-16,18-20,22,30-33,35H,9,11-13,17,21,23-24H2,1-7H3/t30-,31+,32?,33+,35+/m0/s1. The van der Waals surface area contributed by atoms with Gasteiger partial charge < -0.3 is 18.6 Å². The number of unbranched alkanes of at least 4 members (excludes halogenated alkanes) is 1. The molecular weight excluding hydrogens is 576 g/mol. The monoisotopic (exact) mass is 626 g/mol. The van der Waals surface area contributed by atoms with Gasteiger partial charge in [-0.05, 0) is 97.0 Å². The van der Waals surface area contributed by atoms with E-state index in [2.05, 4.69) is 76.3 Å². The third-order valence-corrected chi connectivity index (χ3v) is 14.8. The molecule has 0 radical (unpaired) electrons. The van der Waals surface area contributed by atoms with Crippen molar-refractivity contribution >= 4 is 25.9 Å². The quantitative estimate of drug-likeness (QED) is 0.0729. The molecule has 1 fully saturated rings. The van der Waals surface area contributed by atoms with Crippen molar-refractivity contribution in [2.24, 2.45) is 5.92 Å². The first kappa shape index (κ1) is 33.8. The molecule has 7 heteroatoms. The summed E-state index contributed by atoms with van der Waals surface area (Å²) in [6.45, 7) is 12.2. The first-order chi connectivity index (χ1) is 20.4. The van der Waals surface area contributed by atoms with Gasteiger partial charge in [-0.15, -0.1) is 11.6 Å². The fourth-order valence-electron chi connectivity index (χ4n) is 6.21. The van der Waals surface area contributed by atoms with Gasteiger partial charge in [0.05, 0.1) is 33.0 Å². The Morgan fingerprint density at radius 2 is 1.81 bits per heavy atom. The summed E-state index contributed by atoms with van der Waals surface area (Å²) in [5.41, 5.74) is 5.18. The summed E-state index contributed by atoms with van der Waals surface area (Å²) in [5, 5.41) is 0.178. The number of halogens is 1. The third-order valence-electron chi connectivity index (χ3n) is 9.78. The van der Waals surface area contributed by atoms with Gasteiger partial charge in [0.2, 0.25) is 0 Å². The van der Waals surface area contributed by atoms with Gasteiger partial charge in [-0.25, -0.2) is 0 Å². The van der Waals surface area contributed by atoms with Crippen molar-refractivity contribution in [3.63, 3.8) is 0 Å². The lowest BCUT2D eigenvalue weighted by molar-refractivity contribution is -0.140. The average molecular weight is 627 g/mol. The molecule has 1 saturated carbocycles. The molecule has 1 unspecified atom stereocenters. The van der Waals surface area contributed by atoms with E-state index in [9.17, 15) is 4.79 Å². The van der Waals surface area contributed by atoms with Crippen LogP contribution in [0.5, 0.6) is 5.75 Å². The average Bonchev–Trinajstić information content (AvgIpc) is 3.51. The predicted octanol–water partition coefficient (Wildman–Crippen LogP) is 9.29. The number of benzene rings is 2. The molecule has 2 aromatic rings. The van der Waals surface area contributed by atoms with Gasteiger partial charge in [-0.2, -0.15) is 0 Å². The van der Waals surface area contributed by atoms with Gasteiger partial charge in [0.25, 0.3) is 0 Å². The number of fused-ring (bicyclic) bond motifs is 1. The highest BCUT2D eigenvalue weighted by atomic mass is 35.5. The van der Waals surface area contributed by atoms with Gasteiger partial charge >= 0.3 is 5.97 Å². The molecule has 0 aromatic heterocycles. The number of allylic oxidation sites excluding steroid dienone is 2. The third kappa shape index (κ3) is 8.53. The van der Waals surface area contributed by atoms with E-state index in [-0.39, 0.29) is 40.4 Å². The molecule has 43 heavy (non-hydrogen) atoms. The van der Waals surface area contributed by atoms with Crippen LogP contribution in [0.4, 0.5) is 0 Å². The lowest BCUT2D eigenvalue weighted by Gasteiger charge is -2.40. The molecule has 2 aliphatic carbocycles. The van der Waals surface area contributed by atoms with Crippen molar-refractivity contribution in [3.8, 4) is 5.75 Å². The summed E-state index contributed by atoms with van der Waals surface area (Å²) in [6, 6.07) is 15.1. The normalized spacial score (nSPS) is 24.0. The second-order valence-corrected chi connectivity index (χ2v) is 19.0. The van der Waals surface area contributed by atoms with Crippen LogP contribution in [-0.2, 0) is 31.7 Å². The zero-order valence-corrected chi connectivity index (χ0v) is 28.9. The Hall–Kier alpha value is -2.12. The van der Waals surface area contributed by atoms with Crippen LogP contribution in [0, 0.1) is 5.92 Å². The number of alkyl halides is 1. The van der Waals surface area contributed by atoms with E-state index in [4.69, 9.17) is 30.2 Å². The lowest BCUT2D eigenvalue weighted by Crippen LogP contribution is -2.44. The summed E-state index contributed by atoms with van der Waals surface area (Å²) in [5.74, 6) is 1.23. The van der Waals surface area contributed by atoms with E-state index in [0.29, 0.717) is 13.0 Å². The number of carbonyl (C=O) groups is 1. The zero-order chi connectivity index (χ0) is 31.2. The minimum atomic E-state index is -2.00. The van der Waals surface area contributed by atoms with Crippen molar-refractivity contribution in [1.82, 2.24) is 0 Å². The molecule has 2 aromatic carbocycles. The van der Waals surface area contributed by atoms with Crippen molar-refractivity contribution in [2.45, 2.75) is 114 Å². The molecular formula is C36H51ClO5Si. The van der Waals surface area contributed by atoms with E-state index in [0.717, 1.165) is 49.8 Å². The number of hydrogen-bond acceptors (Lipinski definition) is 5. The number of carbonyl (C=O) groups excluding carboxylic acids is 1. The zero-order valence-electron chi connectivity index (χ0n) is 27.2.